The number of hydrogen-bond acceptors (Lipinski definition) is 4. The third kappa shape index (κ3) is 2.06. The molecule has 0 aliphatic rings. The second-order valence-electron chi connectivity index (χ2n) is 3.25. The lowest BCUT2D eigenvalue weighted by atomic mass is 10.3. The van der Waals surface area contributed by atoms with E-state index in [1.807, 2.05) is 24.3 Å². The highest BCUT2D eigenvalue weighted by Gasteiger charge is 2.17. The van der Waals surface area contributed by atoms with Crippen LogP contribution in [0.25, 0.3) is 11.0 Å². The molecule has 0 radical (unpaired) electrons. The van der Waals surface area contributed by atoms with Crippen molar-refractivity contribution in [1.29, 1.82) is 0 Å². The minimum atomic E-state index is -0.414. The van der Waals surface area contributed by atoms with E-state index in [9.17, 15) is 4.79 Å². The molecule has 16 heavy (non-hydrogen) atoms. The molecule has 6 heteroatoms. The summed E-state index contributed by atoms with van der Waals surface area (Å²) in [6, 6.07) is 7.59. The summed E-state index contributed by atoms with van der Waals surface area (Å²) in [5.74, 6) is -0.320. The molecular formula is C10H10BrN3O2. The number of aromatic nitrogens is 3. The number of benzene rings is 1. The first kappa shape index (κ1) is 11.1. The number of carbonyl (C=O) groups excluding carboxylic acids is 1. The maximum Gasteiger partial charge on any atom is 0.321 e. The molecule has 0 bridgehead atoms. The van der Waals surface area contributed by atoms with Gasteiger partial charge in [-0.3, -0.25) is 4.79 Å². The zero-order valence-corrected chi connectivity index (χ0v) is 10.2. The Bertz CT molecular complexity index is 511. The quantitative estimate of drug-likeness (QED) is 0.631. The zero-order valence-electron chi connectivity index (χ0n) is 8.63. The number of fused-ring (bicyclic) bond motifs is 1. The molecule has 0 fully saturated rings. The lowest BCUT2D eigenvalue weighted by Gasteiger charge is -2.07. The van der Waals surface area contributed by atoms with Crippen LogP contribution in [-0.2, 0) is 16.1 Å². The minimum absolute atomic E-state index is 0.320. The molecule has 0 aliphatic carbocycles. The van der Waals surface area contributed by atoms with Gasteiger partial charge >= 0.3 is 5.97 Å². The van der Waals surface area contributed by atoms with E-state index in [4.69, 9.17) is 0 Å². The summed E-state index contributed by atoms with van der Waals surface area (Å²) in [5.41, 5.74) is 1.71. The lowest BCUT2D eigenvalue weighted by Crippen LogP contribution is -2.22. The second kappa shape index (κ2) is 4.61. The molecule has 2 aromatic rings. The Hall–Kier alpha value is -1.43. The van der Waals surface area contributed by atoms with Gasteiger partial charge in [-0.25, -0.2) is 4.68 Å². The highest BCUT2D eigenvalue weighted by atomic mass is 79.9. The largest absolute Gasteiger partial charge is 0.468 e. The summed E-state index contributed by atoms with van der Waals surface area (Å²) in [5, 5.41) is 7.98. The number of esters is 1. The fraction of sp³-hybridized carbons (Fsp3) is 0.300. The van der Waals surface area contributed by atoms with Gasteiger partial charge < -0.3 is 4.74 Å². The fourth-order valence-electron chi connectivity index (χ4n) is 1.41. The Morgan fingerprint density at radius 1 is 1.56 bits per heavy atom. The predicted octanol–water partition coefficient (Wildman–Crippen LogP) is 1.37. The van der Waals surface area contributed by atoms with Crippen molar-refractivity contribution in [2.75, 3.05) is 7.11 Å². The zero-order chi connectivity index (χ0) is 11.5. The first-order valence-electron chi connectivity index (χ1n) is 4.72. The Morgan fingerprint density at radius 2 is 2.31 bits per heavy atom. The number of nitrogens with zero attached hydrogens (tertiary/aromatic N) is 3. The van der Waals surface area contributed by atoms with Crippen molar-refractivity contribution in [3.05, 3.63) is 24.3 Å². The third-order valence-electron chi connectivity index (χ3n) is 2.21. The molecule has 0 N–H and O–H groups in total. The predicted molar refractivity (Wildman–Crippen MR) is 62.3 cm³/mol. The van der Waals surface area contributed by atoms with Gasteiger partial charge in [-0.05, 0) is 12.1 Å². The maximum absolute atomic E-state index is 11.2. The molecule has 0 spiro atoms. The van der Waals surface area contributed by atoms with Crippen LogP contribution in [-0.4, -0.2) is 32.9 Å². The Balaban J connectivity index is 2.24. The summed E-state index contributed by atoms with van der Waals surface area (Å²) in [6.07, 6.45) is 0. The van der Waals surface area contributed by atoms with E-state index >= 15 is 0 Å². The summed E-state index contributed by atoms with van der Waals surface area (Å²) >= 11 is 3.25. The normalized spacial score (nSPS) is 12.6. The van der Waals surface area contributed by atoms with Gasteiger partial charge in [0.15, 0.2) is 0 Å². The van der Waals surface area contributed by atoms with Crippen LogP contribution in [0.4, 0.5) is 0 Å². The number of carbonyl (C=O) groups is 1. The smallest absolute Gasteiger partial charge is 0.321 e. The van der Waals surface area contributed by atoms with Crippen molar-refractivity contribution < 1.29 is 9.53 Å². The highest BCUT2D eigenvalue weighted by molar-refractivity contribution is 9.10. The molecule has 0 amide bonds. The SMILES string of the molecule is COC(=O)C(Br)Cn1nnc2ccccc21. The summed E-state index contributed by atoms with van der Waals surface area (Å²) in [4.78, 5) is 10.8. The third-order valence-corrected chi connectivity index (χ3v) is 2.87. The molecule has 84 valence electrons. The van der Waals surface area contributed by atoms with E-state index in [1.54, 1.807) is 4.68 Å². The minimum Gasteiger partial charge on any atom is -0.468 e. The Morgan fingerprint density at radius 3 is 3.06 bits per heavy atom. The standard InChI is InChI=1S/C10H10BrN3O2/c1-16-10(15)7(11)6-14-9-5-3-2-4-8(9)12-13-14/h2-5,7H,6H2,1H3. The van der Waals surface area contributed by atoms with Crippen LogP contribution < -0.4 is 0 Å². The van der Waals surface area contributed by atoms with Gasteiger partial charge in [0.05, 0.1) is 19.2 Å². The monoisotopic (exact) mass is 283 g/mol. The number of methoxy groups -OCH3 is 1. The molecule has 0 aliphatic heterocycles. The number of halogens is 1. The number of alkyl halides is 1. The molecule has 1 aromatic heterocycles. The van der Waals surface area contributed by atoms with Gasteiger partial charge in [-0.15, -0.1) is 5.10 Å². The van der Waals surface area contributed by atoms with E-state index in [0.29, 0.717) is 6.54 Å². The molecule has 5 nitrogen and oxygen atoms in total. The van der Waals surface area contributed by atoms with Crippen LogP contribution in [0.5, 0.6) is 0 Å². The van der Waals surface area contributed by atoms with E-state index in [0.717, 1.165) is 11.0 Å². The highest BCUT2D eigenvalue weighted by Crippen LogP contribution is 2.12. The molecule has 1 heterocycles. The van der Waals surface area contributed by atoms with Crippen LogP contribution in [0, 0.1) is 0 Å². The van der Waals surface area contributed by atoms with Crippen molar-refractivity contribution in [3.63, 3.8) is 0 Å². The molecule has 0 saturated carbocycles. The molecule has 1 atom stereocenters. The maximum atomic E-state index is 11.2. The van der Waals surface area contributed by atoms with Gasteiger partial charge in [-0.2, -0.15) is 0 Å². The topological polar surface area (TPSA) is 57.0 Å². The number of ether oxygens (including phenoxy) is 1. The number of hydrogen-bond donors (Lipinski definition) is 0. The molecule has 2 rings (SSSR count). The van der Waals surface area contributed by atoms with Crippen LogP contribution >= 0.6 is 15.9 Å². The van der Waals surface area contributed by atoms with Crippen molar-refractivity contribution in [2.45, 2.75) is 11.4 Å². The Kier molecular flexibility index (Phi) is 3.19. The average Bonchev–Trinajstić information content (AvgIpc) is 2.72. The average molecular weight is 284 g/mol. The summed E-state index contributed by atoms with van der Waals surface area (Å²) in [6.45, 7) is 0.396. The van der Waals surface area contributed by atoms with E-state index < -0.39 is 4.83 Å². The van der Waals surface area contributed by atoms with Gasteiger partial charge in [0.1, 0.15) is 10.3 Å². The lowest BCUT2D eigenvalue weighted by molar-refractivity contribution is -0.140. The van der Waals surface area contributed by atoms with Gasteiger partial charge in [-0.1, -0.05) is 33.3 Å². The van der Waals surface area contributed by atoms with Crippen LogP contribution in [0.1, 0.15) is 0 Å². The molecule has 1 aromatic carbocycles. The van der Waals surface area contributed by atoms with Crippen molar-refractivity contribution in [2.24, 2.45) is 0 Å². The van der Waals surface area contributed by atoms with Gasteiger partial charge in [0.2, 0.25) is 0 Å². The van der Waals surface area contributed by atoms with E-state index in [-0.39, 0.29) is 5.97 Å². The Labute approximate surface area is 101 Å². The number of rotatable bonds is 3. The van der Waals surface area contributed by atoms with Crippen LogP contribution in [0.15, 0.2) is 24.3 Å². The summed E-state index contributed by atoms with van der Waals surface area (Å²) in [7, 11) is 1.36. The van der Waals surface area contributed by atoms with Gasteiger partial charge in [0, 0.05) is 0 Å². The first-order chi connectivity index (χ1) is 7.72. The molecule has 1 unspecified atom stereocenters. The van der Waals surface area contributed by atoms with Crippen LogP contribution in [0.2, 0.25) is 0 Å². The van der Waals surface area contributed by atoms with Crippen molar-refractivity contribution in [1.82, 2.24) is 15.0 Å². The summed E-state index contributed by atoms with van der Waals surface area (Å²) < 4.78 is 6.30. The molecule has 0 saturated heterocycles. The number of para-hydroxylation sites is 1. The second-order valence-corrected chi connectivity index (χ2v) is 4.36. The van der Waals surface area contributed by atoms with Gasteiger partial charge in [0.25, 0.3) is 0 Å². The fourth-order valence-corrected chi connectivity index (χ4v) is 1.87. The van der Waals surface area contributed by atoms with Crippen molar-refractivity contribution >= 4 is 32.9 Å². The first-order valence-corrected chi connectivity index (χ1v) is 5.64. The molecular weight excluding hydrogens is 274 g/mol. The van der Waals surface area contributed by atoms with Crippen molar-refractivity contribution in [3.8, 4) is 0 Å². The van der Waals surface area contributed by atoms with E-state index in [2.05, 4.69) is 31.0 Å². The van der Waals surface area contributed by atoms with E-state index in [1.165, 1.54) is 7.11 Å². The van der Waals surface area contributed by atoms with Crippen LogP contribution in [0.3, 0.4) is 0 Å².